The summed E-state index contributed by atoms with van der Waals surface area (Å²) in [4.78, 5) is 21.7. The van der Waals surface area contributed by atoms with Crippen LogP contribution in [0.1, 0.15) is 24.1 Å². The van der Waals surface area contributed by atoms with Crippen LogP contribution in [0, 0.1) is 5.82 Å². The van der Waals surface area contributed by atoms with Crippen LogP contribution >= 0.6 is 15.9 Å². The Bertz CT molecular complexity index is 1110. The molecule has 2 aliphatic rings. The van der Waals surface area contributed by atoms with E-state index in [0.29, 0.717) is 23.1 Å². The Kier molecular flexibility index (Phi) is 3.87. The molecule has 28 heavy (non-hydrogen) atoms. The Morgan fingerprint density at radius 1 is 1.21 bits per heavy atom. The number of likely N-dealkylation sites (N-methyl/N-ethyl adjacent to an activating group) is 1. The van der Waals surface area contributed by atoms with Gasteiger partial charge in [-0.3, -0.25) is 14.7 Å². The van der Waals surface area contributed by atoms with Crippen LogP contribution in [0.2, 0.25) is 0 Å². The molecule has 0 aliphatic carbocycles. The van der Waals surface area contributed by atoms with Gasteiger partial charge in [-0.15, -0.1) is 0 Å². The molecule has 5 rings (SSSR count). The fourth-order valence-electron chi connectivity index (χ4n) is 4.63. The molecule has 6 heteroatoms. The van der Waals surface area contributed by atoms with Crippen molar-refractivity contribution in [2.45, 2.75) is 18.4 Å². The van der Waals surface area contributed by atoms with Crippen molar-refractivity contribution in [3.05, 3.63) is 70.1 Å². The van der Waals surface area contributed by atoms with E-state index in [9.17, 15) is 9.18 Å². The van der Waals surface area contributed by atoms with Crippen molar-refractivity contribution in [2.75, 3.05) is 25.0 Å². The molecule has 4 nitrogen and oxygen atoms in total. The summed E-state index contributed by atoms with van der Waals surface area (Å²) in [6, 6.07) is 13.7. The number of likely N-dealkylation sites (tertiary alicyclic amines) is 1. The maximum Gasteiger partial charge on any atom is 0.240 e. The molecule has 3 aromatic rings. The molecule has 0 saturated carbocycles. The van der Waals surface area contributed by atoms with Gasteiger partial charge in [0.05, 0.1) is 21.9 Å². The van der Waals surface area contributed by atoms with Crippen molar-refractivity contribution in [2.24, 2.45) is 0 Å². The number of benzene rings is 2. The van der Waals surface area contributed by atoms with Gasteiger partial charge in [-0.25, -0.2) is 4.39 Å². The molecule has 1 saturated heterocycles. The summed E-state index contributed by atoms with van der Waals surface area (Å²) in [5.41, 5.74) is 3.02. The smallest absolute Gasteiger partial charge is 0.240 e. The van der Waals surface area contributed by atoms with Gasteiger partial charge in [0, 0.05) is 43.2 Å². The van der Waals surface area contributed by atoms with Crippen molar-refractivity contribution in [1.82, 2.24) is 9.88 Å². The number of hydrogen-bond donors (Lipinski definition) is 0. The second kappa shape index (κ2) is 6.09. The zero-order valence-corrected chi connectivity index (χ0v) is 17.2. The molecule has 1 fully saturated rings. The summed E-state index contributed by atoms with van der Waals surface area (Å²) in [7, 11) is 1.80. The number of carbonyl (C=O) groups is 1. The van der Waals surface area contributed by atoms with Crippen LogP contribution in [0.15, 0.2) is 53.1 Å². The fourth-order valence-corrected chi connectivity index (χ4v) is 4.97. The quantitative estimate of drug-likeness (QED) is 0.592. The first kappa shape index (κ1) is 17.8. The van der Waals surface area contributed by atoms with Crippen LogP contribution < -0.4 is 4.90 Å². The molecule has 0 N–H and O–H groups in total. The molecule has 1 unspecified atom stereocenters. The normalized spacial score (nSPS) is 19.1. The van der Waals surface area contributed by atoms with Crippen LogP contribution in [0.4, 0.5) is 10.1 Å². The summed E-state index contributed by atoms with van der Waals surface area (Å²) < 4.78 is 14.4. The number of rotatable bonds is 2. The number of anilines is 1. The maximum absolute atomic E-state index is 14.0. The first-order valence-electron chi connectivity index (χ1n) is 9.28. The lowest BCUT2D eigenvalue weighted by atomic mass is 9.72. The van der Waals surface area contributed by atoms with Crippen molar-refractivity contribution in [1.29, 1.82) is 0 Å². The number of aromatic nitrogens is 1. The number of amides is 1. The van der Waals surface area contributed by atoms with Crippen molar-refractivity contribution in [3.63, 3.8) is 0 Å². The largest absolute Gasteiger partial charge is 0.313 e. The minimum atomic E-state index is -0.592. The summed E-state index contributed by atoms with van der Waals surface area (Å²) >= 11 is 3.29. The lowest BCUT2D eigenvalue weighted by Crippen LogP contribution is -2.63. The average molecular weight is 440 g/mol. The summed E-state index contributed by atoms with van der Waals surface area (Å²) in [6.07, 6.45) is 1.70. The minimum absolute atomic E-state index is 0.0914. The van der Waals surface area contributed by atoms with Gasteiger partial charge in [0.15, 0.2) is 0 Å². The second-order valence-corrected chi connectivity index (χ2v) is 8.59. The van der Waals surface area contributed by atoms with Crippen molar-refractivity contribution < 1.29 is 9.18 Å². The third kappa shape index (κ3) is 2.31. The molecule has 2 aromatic carbocycles. The number of pyridine rings is 1. The van der Waals surface area contributed by atoms with Gasteiger partial charge < -0.3 is 4.90 Å². The molecule has 0 bridgehead atoms. The lowest BCUT2D eigenvalue weighted by Gasteiger charge is -2.50. The summed E-state index contributed by atoms with van der Waals surface area (Å²) in [5, 5.41) is 0.843. The van der Waals surface area contributed by atoms with Gasteiger partial charge in [0.25, 0.3) is 0 Å². The molecular formula is C22H19BrFN3O. The highest BCUT2D eigenvalue weighted by molar-refractivity contribution is 9.10. The van der Waals surface area contributed by atoms with E-state index in [0.717, 1.165) is 16.6 Å². The zero-order valence-electron chi connectivity index (χ0n) is 15.6. The Labute approximate surface area is 171 Å². The van der Waals surface area contributed by atoms with Crippen LogP contribution in [-0.4, -0.2) is 35.9 Å². The van der Waals surface area contributed by atoms with E-state index < -0.39 is 5.41 Å². The molecule has 1 atom stereocenters. The van der Waals surface area contributed by atoms with Gasteiger partial charge in [-0.05, 0) is 34.5 Å². The number of halogens is 2. The Hall–Kier alpha value is -2.31. The molecule has 1 spiro atoms. The minimum Gasteiger partial charge on any atom is -0.313 e. The highest BCUT2D eigenvalue weighted by Gasteiger charge is 2.58. The van der Waals surface area contributed by atoms with E-state index in [1.165, 1.54) is 11.6 Å². The lowest BCUT2D eigenvalue weighted by molar-refractivity contribution is -0.130. The van der Waals surface area contributed by atoms with Gasteiger partial charge in [0.1, 0.15) is 11.2 Å². The first-order valence-corrected chi connectivity index (χ1v) is 10.1. The van der Waals surface area contributed by atoms with E-state index in [1.54, 1.807) is 24.2 Å². The SMILES string of the molecule is CC(c1ccccc1)N1CC2(C1)C(=O)N(C)c1cnc3cc(F)c(Br)cc3c12. The first-order chi connectivity index (χ1) is 13.4. The summed E-state index contributed by atoms with van der Waals surface area (Å²) in [5.74, 6) is -0.256. The molecule has 2 aliphatic heterocycles. The average Bonchev–Trinajstić information content (AvgIpc) is 2.90. The fraction of sp³-hybridized carbons (Fsp3) is 0.273. The van der Waals surface area contributed by atoms with Crippen molar-refractivity contribution in [3.8, 4) is 0 Å². The molecule has 142 valence electrons. The Morgan fingerprint density at radius 2 is 1.93 bits per heavy atom. The number of carbonyl (C=O) groups excluding carboxylic acids is 1. The van der Waals surface area contributed by atoms with E-state index in [-0.39, 0.29) is 17.8 Å². The predicted molar refractivity (Wildman–Crippen MR) is 111 cm³/mol. The number of nitrogens with zero attached hydrogens (tertiary/aromatic N) is 3. The van der Waals surface area contributed by atoms with Crippen LogP contribution in [0.25, 0.3) is 10.9 Å². The third-order valence-electron chi connectivity index (χ3n) is 6.22. The predicted octanol–water partition coefficient (Wildman–Crippen LogP) is 4.43. The maximum atomic E-state index is 14.0. The monoisotopic (exact) mass is 439 g/mol. The standard InChI is InChI=1S/C22H19BrFN3O/c1-13(14-6-4-3-5-7-14)27-11-22(12-27)20-15-8-16(23)17(24)9-18(15)25-10-19(20)26(2)21(22)28/h3-10,13H,11-12H2,1-2H3. The second-order valence-electron chi connectivity index (χ2n) is 7.74. The van der Waals surface area contributed by atoms with Crippen molar-refractivity contribution >= 4 is 38.4 Å². The number of hydrogen-bond acceptors (Lipinski definition) is 3. The molecule has 1 aromatic heterocycles. The van der Waals surface area contributed by atoms with Gasteiger partial charge >= 0.3 is 0 Å². The zero-order chi connectivity index (χ0) is 19.6. The topological polar surface area (TPSA) is 36.4 Å². The summed E-state index contributed by atoms with van der Waals surface area (Å²) in [6.45, 7) is 3.46. The highest BCUT2D eigenvalue weighted by atomic mass is 79.9. The van der Waals surface area contributed by atoms with E-state index in [1.807, 2.05) is 18.2 Å². The molecular weight excluding hydrogens is 421 g/mol. The molecule has 0 radical (unpaired) electrons. The van der Waals surface area contributed by atoms with Gasteiger partial charge in [-0.1, -0.05) is 30.3 Å². The number of fused-ring (bicyclic) bond motifs is 4. The van der Waals surface area contributed by atoms with Gasteiger partial charge in [-0.2, -0.15) is 0 Å². The van der Waals surface area contributed by atoms with Gasteiger partial charge in [0.2, 0.25) is 5.91 Å². The van der Waals surface area contributed by atoms with E-state index in [4.69, 9.17) is 0 Å². The Balaban J connectivity index is 1.59. The van der Waals surface area contributed by atoms with Crippen LogP contribution in [0.3, 0.4) is 0 Å². The Morgan fingerprint density at radius 3 is 2.64 bits per heavy atom. The molecule has 3 heterocycles. The van der Waals surface area contributed by atoms with E-state index in [2.05, 4.69) is 44.9 Å². The van der Waals surface area contributed by atoms with E-state index >= 15 is 0 Å². The third-order valence-corrected chi connectivity index (χ3v) is 6.83. The highest BCUT2D eigenvalue weighted by Crippen LogP contribution is 2.51. The van der Waals surface area contributed by atoms with Crippen LogP contribution in [0.5, 0.6) is 0 Å². The molecule has 1 amide bonds. The van der Waals surface area contributed by atoms with Crippen LogP contribution in [-0.2, 0) is 10.2 Å².